The average Bonchev–Trinajstić information content (AvgIpc) is 2.04. The molecule has 78 valence electrons. The van der Waals surface area contributed by atoms with Gasteiger partial charge in [-0.3, -0.25) is 0 Å². The Hall–Kier alpha value is -0.870. The number of carbonyl (C=O) groups excluding carboxylic acids is 1. The first-order valence-corrected chi connectivity index (χ1v) is 3.99. The van der Waals surface area contributed by atoms with Gasteiger partial charge in [0.2, 0.25) is 0 Å². The molecule has 4 N–H and O–H groups in total. The van der Waals surface area contributed by atoms with Gasteiger partial charge in [0, 0.05) is 12.2 Å². The summed E-state index contributed by atoms with van der Waals surface area (Å²) in [5.74, 6) is -0.288. The van der Waals surface area contributed by atoms with Crippen LogP contribution in [-0.2, 0) is 9.53 Å². The molecule has 4 nitrogen and oxygen atoms in total. The molecule has 0 aliphatic rings. The number of ether oxygens (including phenoxy) is 1. The molecule has 0 aliphatic carbocycles. The Labute approximate surface area is 79.2 Å². The summed E-state index contributed by atoms with van der Waals surface area (Å²) in [5.41, 5.74) is 1.63. The van der Waals surface area contributed by atoms with Crippen molar-refractivity contribution in [3.63, 3.8) is 0 Å². The zero-order valence-electron chi connectivity index (χ0n) is 8.59. The Morgan fingerprint density at radius 2 is 1.92 bits per heavy atom. The van der Waals surface area contributed by atoms with Crippen molar-refractivity contribution in [2.24, 2.45) is 0 Å². The van der Waals surface area contributed by atoms with Crippen LogP contribution in [0.3, 0.4) is 0 Å². The molecule has 0 radical (unpaired) electrons. The molecule has 0 bridgehead atoms. The molecule has 4 heteroatoms. The summed E-state index contributed by atoms with van der Waals surface area (Å²) in [6.07, 6.45) is 1.20. The second-order valence-electron chi connectivity index (χ2n) is 2.80. The van der Waals surface area contributed by atoms with E-state index >= 15 is 0 Å². The summed E-state index contributed by atoms with van der Waals surface area (Å²) < 4.78 is 4.59. The van der Waals surface area contributed by atoms with Crippen LogP contribution in [-0.4, -0.2) is 24.8 Å². The molecular formula is C9H19NO3. The van der Waals surface area contributed by atoms with Crippen LogP contribution < -0.4 is 6.15 Å². The highest BCUT2D eigenvalue weighted by atomic mass is 16.5. The SMILES string of the molecule is COC(=O)C(CCCO)=C(C)C.N. The van der Waals surface area contributed by atoms with Crippen molar-refractivity contribution in [3.8, 4) is 0 Å². The van der Waals surface area contributed by atoms with E-state index in [-0.39, 0.29) is 18.7 Å². The van der Waals surface area contributed by atoms with Gasteiger partial charge in [-0.25, -0.2) is 4.79 Å². The second-order valence-corrected chi connectivity index (χ2v) is 2.80. The van der Waals surface area contributed by atoms with Crippen LogP contribution in [0.1, 0.15) is 26.7 Å². The zero-order valence-corrected chi connectivity index (χ0v) is 8.59. The second kappa shape index (κ2) is 7.76. The van der Waals surface area contributed by atoms with Gasteiger partial charge < -0.3 is 16.0 Å². The maximum atomic E-state index is 11.1. The van der Waals surface area contributed by atoms with E-state index in [1.165, 1.54) is 7.11 Å². The molecule has 0 saturated carbocycles. The molecule has 0 aromatic rings. The molecule has 0 aromatic carbocycles. The standard InChI is InChI=1S/C9H16O3.H3N/c1-7(2)8(5-4-6-10)9(11)12-3;/h10H,4-6H2,1-3H3;1H3. The van der Waals surface area contributed by atoms with E-state index in [2.05, 4.69) is 4.74 Å². The van der Waals surface area contributed by atoms with Gasteiger partial charge in [0.25, 0.3) is 0 Å². The highest BCUT2D eigenvalue weighted by molar-refractivity contribution is 5.89. The van der Waals surface area contributed by atoms with Crippen molar-refractivity contribution in [2.75, 3.05) is 13.7 Å². The Morgan fingerprint density at radius 3 is 2.23 bits per heavy atom. The van der Waals surface area contributed by atoms with Gasteiger partial charge in [-0.15, -0.1) is 0 Å². The summed E-state index contributed by atoms with van der Waals surface area (Å²) in [4.78, 5) is 11.1. The van der Waals surface area contributed by atoms with Crippen LogP contribution >= 0.6 is 0 Å². The number of hydrogen-bond donors (Lipinski definition) is 2. The number of methoxy groups -OCH3 is 1. The van der Waals surface area contributed by atoms with Crippen molar-refractivity contribution >= 4 is 5.97 Å². The first-order valence-electron chi connectivity index (χ1n) is 3.99. The van der Waals surface area contributed by atoms with E-state index in [9.17, 15) is 4.79 Å². The first kappa shape index (κ1) is 14.6. The zero-order chi connectivity index (χ0) is 9.56. The monoisotopic (exact) mass is 189 g/mol. The molecule has 0 rings (SSSR count). The van der Waals surface area contributed by atoms with Gasteiger partial charge in [0.15, 0.2) is 0 Å². The van der Waals surface area contributed by atoms with Gasteiger partial charge in [0.05, 0.1) is 7.11 Å². The largest absolute Gasteiger partial charge is 0.466 e. The number of rotatable bonds is 4. The molecule has 0 aliphatic heterocycles. The highest BCUT2D eigenvalue weighted by Crippen LogP contribution is 2.11. The summed E-state index contributed by atoms with van der Waals surface area (Å²) in [6.45, 7) is 3.83. The van der Waals surface area contributed by atoms with E-state index in [4.69, 9.17) is 5.11 Å². The first-order chi connectivity index (χ1) is 5.63. The minimum absolute atomic E-state index is 0. The lowest BCUT2D eigenvalue weighted by atomic mass is 10.1. The molecule has 0 saturated heterocycles. The molecule has 0 spiro atoms. The normalized spacial score (nSPS) is 8.62. The number of aliphatic hydroxyl groups excluding tert-OH is 1. The van der Waals surface area contributed by atoms with Crippen LogP contribution in [0.25, 0.3) is 0 Å². The van der Waals surface area contributed by atoms with Crippen molar-refractivity contribution < 1.29 is 14.6 Å². The van der Waals surface area contributed by atoms with Crippen LogP contribution in [0.5, 0.6) is 0 Å². The molecular weight excluding hydrogens is 170 g/mol. The predicted octanol–water partition coefficient (Wildman–Crippen LogP) is 1.43. The Balaban J connectivity index is 0. The lowest BCUT2D eigenvalue weighted by Crippen LogP contribution is -2.07. The minimum atomic E-state index is -0.288. The van der Waals surface area contributed by atoms with Crippen LogP contribution in [0, 0.1) is 0 Å². The van der Waals surface area contributed by atoms with Crippen LogP contribution in [0.2, 0.25) is 0 Å². The molecule has 0 aromatic heterocycles. The van der Waals surface area contributed by atoms with E-state index in [0.29, 0.717) is 18.4 Å². The Kier molecular flexibility index (Phi) is 8.74. The maximum Gasteiger partial charge on any atom is 0.333 e. The number of aliphatic hydroxyl groups is 1. The van der Waals surface area contributed by atoms with Gasteiger partial charge >= 0.3 is 5.97 Å². The van der Waals surface area contributed by atoms with Crippen molar-refractivity contribution in [3.05, 3.63) is 11.1 Å². The van der Waals surface area contributed by atoms with Gasteiger partial charge in [-0.2, -0.15) is 0 Å². The van der Waals surface area contributed by atoms with E-state index in [1.54, 1.807) is 0 Å². The summed E-state index contributed by atoms with van der Waals surface area (Å²) in [7, 11) is 1.37. The van der Waals surface area contributed by atoms with Crippen LogP contribution in [0.4, 0.5) is 0 Å². The number of esters is 1. The molecule has 0 fully saturated rings. The summed E-state index contributed by atoms with van der Waals surface area (Å²) >= 11 is 0. The fraction of sp³-hybridized carbons (Fsp3) is 0.667. The smallest absolute Gasteiger partial charge is 0.333 e. The number of allylic oxidation sites excluding steroid dienone is 1. The molecule has 13 heavy (non-hydrogen) atoms. The Bertz CT molecular complexity index is 183. The molecule has 0 unspecified atom stereocenters. The maximum absolute atomic E-state index is 11.1. The van der Waals surface area contributed by atoms with Crippen molar-refractivity contribution in [2.45, 2.75) is 26.7 Å². The van der Waals surface area contributed by atoms with Gasteiger partial charge in [0.1, 0.15) is 0 Å². The average molecular weight is 189 g/mol. The van der Waals surface area contributed by atoms with Crippen molar-refractivity contribution in [1.29, 1.82) is 0 Å². The van der Waals surface area contributed by atoms with Gasteiger partial charge in [-0.1, -0.05) is 5.57 Å². The molecule has 0 heterocycles. The Morgan fingerprint density at radius 1 is 1.38 bits per heavy atom. The summed E-state index contributed by atoms with van der Waals surface area (Å²) in [5, 5.41) is 8.58. The predicted molar refractivity (Wildman–Crippen MR) is 51.7 cm³/mol. The third kappa shape index (κ3) is 5.38. The lowest BCUT2D eigenvalue weighted by molar-refractivity contribution is -0.136. The third-order valence-corrected chi connectivity index (χ3v) is 1.62. The topological polar surface area (TPSA) is 81.5 Å². The van der Waals surface area contributed by atoms with E-state index in [1.807, 2.05) is 13.8 Å². The van der Waals surface area contributed by atoms with Gasteiger partial charge in [-0.05, 0) is 26.7 Å². The lowest BCUT2D eigenvalue weighted by Gasteiger charge is -2.05. The minimum Gasteiger partial charge on any atom is -0.466 e. The van der Waals surface area contributed by atoms with Crippen molar-refractivity contribution in [1.82, 2.24) is 6.15 Å². The molecule has 0 amide bonds. The number of carbonyl (C=O) groups is 1. The van der Waals surface area contributed by atoms with E-state index in [0.717, 1.165) is 5.57 Å². The van der Waals surface area contributed by atoms with E-state index < -0.39 is 0 Å². The quantitative estimate of drug-likeness (QED) is 0.517. The fourth-order valence-corrected chi connectivity index (χ4v) is 0.935. The summed E-state index contributed by atoms with van der Waals surface area (Å²) in [6, 6.07) is 0. The fourth-order valence-electron chi connectivity index (χ4n) is 0.935. The number of hydrogen-bond acceptors (Lipinski definition) is 4. The third-order valence-electron chi connectivity index (χ3n) is 1.62. The highest BCUT2D eigenvalue weighted by Gasteiger charge is 2.09. The van der Waals surface area contributed by atoms with Crippen LogP contribution in [0.15, 0.2) is 11.1 Å². The molecule has 0 atom stereocenters.